The van der Waals surface area contributed by atoms with E-state index in [1.807, 2.05) is 19.0 Å². The van der Waals surface area contributed by atoms with Gasteiger partial charge in [0.2, 0.25) is 5.91 Å². The minimum absolute atomic E-state index is 0.0583. The highest BCUT2D eigenvalue weighted by molar-refractivity contribution is 6.12. The number of carbonyl (C=O) groups excluding carboxylic acids is 2. The molecule has 0 aliphatic heterocycles. The van der Waals surface area contributed by atoms with Gasteiger partial charge in [-0.1, -0.05) is 24.3 Å². The lowest BCUT2D eigenvalue weighted by atomic mass is 10.0. The highest BCUT2D eigenvalue weighted by atomic mass is 19.1. The summed E-state index contributed by atoms with van der Waals surface area (Å²) in [7, 11) is 3.86. The zero-order valence-corrected chi connectivity index (χ0v) is 15.8. The molecule has 0 saturated carbocycles. The number of fused-ring (bicyclic) bond motifs is 1. The highest BCUT2D eigenvalue weighted by Gasteiger charge is 2.14. The van der Waals surface area contributed by atoms with Crippen LogP contribution >= 0.6 is 0 Å². The van der Waals surface area contributed by atoms with Gasteiger partial charge in [0.15, 0.2) is 5.82 Å². The molecule has 0 unspecified atom stereocenters. The lowest BCUT2D eigenvalue weighted by Gasteiger charge is -2.10. The number of rotatable bonds is 7. The number of likely N-dealkylation sites (N-methyl/N-ethyl adjacent to an activating group) is 1. The zero-order chi connectivity index (χ0) is 20.1. The van der Waals surface area contributed by atoms with Crippen LogP contribution in [-0.2, 0) is 11.3 Å². The van der Waals surface area contributed by atoms with E-state index in [0.717, 1.165) is 6.54 Å². The van der Waals surface area contributed by atoms with Gasteiger partial charge in [0.05, 0.1) is 0 Å². The van der Waals surface area contributed by atoms with E-state index in [4.69, 9.17) is 0 Å². The molecule has 7 nitrogen and oxygen atoms in total. The Balaban J connectivity index is 1.65. The van der Waals surface area contributed by atoms with Crippen LogP contribution in [0, 0.1) is 5.82 Å². The van der Waals surface area contributed by atoms with Crippen molar-refractivity contribution < 1.29 is 14.0 Å². The van der Waals surface area contributed by atoms with Crippen molar-refractivity contribution in [1.29, 1.82) is 0 Å². The number of anilines is 1. The zero-order valence-electron chi connectivity index (χ0n) is 15.8. The van der Waals surface area contributed by atoms with Gasteiger partial charge in [-0.2, -0.15) is 5.10 Å². The Bertz CT molecular complexity index is 999. The maximum absolute atomic E-state index is 13.9. The molecule has 1 heterocycles. The van der Waals surface area contributed by atoms with Crippen molar-refractivity contribution in [3.63, 3.8) is 0 Å². The van der Waals surface area contributed by atoms with E-state index >= 15 is 0 Å². The average Bonchev–Trinajstić information content (AvgIpc) is 3.08. The molecule has 146 valence electrons. The fraction of sp³-hybridized carbons (Fsp3) is 0.250. The van der Waals surface area contributed by atoms with Gasteiger partial charge in [0, 0.05) is 36.3 Å². The molecule has 1 aromatic heterocycles. The number of hydrogen-bond acceptors (Lipinski definition) is 4. The second-order valence-electron chi connectivity index (χ2n) is 6.65. The number of amides is 2. The number of nitrogens with zero attached hydrogens (tertiary/aromatic N) is 3. The molecule has 0 radical (unpaired) electrons. The largest absolute Gasteiger partial charge is 0.353 e. The van der Waals surface area contributed by atoms with E-state index in [-0.39, 0.29) is 18.3 Å². The second-order valence-corrected chi connectivity index (χ2v) is 6.65. The predicted molar refractivity (Wildman–Crippen MR) is 106 cm³/mol. The molecule has 0 fully saturated rings. The highest BCUT2D eigenvalue weighted by Crippen LogP contribution is 2.22. The van der Waals surface area contributed by atoms with Crippen LogP contribution in [0.4, 0.5) is 10.2 Å². The lowest BCUT2D eigenvalue weighted by Crippen LogP contribution is -2.33. The van der Waals surface area contributed by atoms with Crippen molar-refractivity contribution >= 4 is 28.4 Å². The Kier molecular flexibility index (Phi) is 6.00. The molecule has 3 aromatic rings. The SMILES string of the molecule is CN(C)CCNC(=O)Cn1ccc(NC(=O)c2ccc(F)c3ccccc23)n1. The molecule has 0 aliphatic rings. The minimum Gasteiger partial charge on any atom is -0.353 e. The minimum atomic E-state index is -0.392. The summed E-state index contributed by atoms with van der Waals surface area (Å²) in [5.74, 6) is -0.611. The van der Waals surface area contributed by atoms with Crippen LogP contribution in [0.2, 0.25) is 0 Å². The van der Waals surface area contributed by atoms with Crippen molar-refractivity contribution in [2.24, 2.45) is 0 Å². The number of hydrogen-bond donors (Lipinski definition) is 2. The summed E-state index contributed by atoms with van der Waals surface area (Å²) < 4.78 is 15.4. The third kappa shape index (κ3) is 4.72. The van der Waals surface area contributed by atoms with E-state index in [2.05, 4.69) is 15.7 Å². The van der Waals surface area contributed by atoms with Gasteiger partial charge < -0.3 is 15.5 Å². The second kappa shape index (κ2) is 8.62. The van der Waals surface area contributed by atoms with Crippen molar-refractivity contribution in [3.05, 3.63) is 60.0 Å². The van der Waals surface area contributed by atoms with E-state index in [1.54, 1.807) is 36.5 Å². The first-order chi connectivity index (χ1) is 13.4. The van der Waals surface area contributed by atoms with Crippen LogP contribution in [0.3, 0.4) is 0 Å². The molecular weight excluding hydrogens is 361 g/mol. The smallest absolute Gasteiger partial charge is 0.257 e. The first kappa shape index (κ1) is 19.5. The topological polar surface area (TPSA) is 79.3 Å². The van der Waals surface area contributed by atoms with Crippen molar-refractivity contribution in [2.45, 2.75) is 6.54 Å². The Hall–Kier alpha value is -3.26. The Morgan fingerprint density at radius 1 is 1.11 bits per heavy atom. The molecule has 0 saturated heterocycles. The van der Waals surface area contributed by atoms with Crippen LogP contribution in [0.5, 0.6) is 0 Å². The summed E-state index contributed by atoms with van der Waals surface area (Å²) >= 11 is 0. The van der Waals surface area contributed by atoms with Crippen LogP contribution in [0.15, 0.2) is 48.7 Å². The Morgan fingerprint density at radius 3 is 2.61 bits per heavy atom. The van der Waals surface area contributed by atoms with Gasteiger partial charge in [0.25, 0.3) is 5.91 Å². The number of benzene rings is 2. The van der Waals surface area contributed by atoms with Crippen LogP contribution < -0.4 is 10.6 Å². The van der Waals surface area contributed by atoms with Crippen molar-refractivity contribution in [2.75, 3.05) is 32.5 Å². The van der Waals surface area contributed by atoms with Crippen molar-refractivity contribution in [1.82, 2.24) is 20.0 Å². The monoisotopic (exact) mass is 383 g/mol. The molecule has 28 heavy (non-hydrogen) atoms. The summed E-state index contributed by atoms with van der Waals surface area (Å²) in [6.45, 7) is 1.36. The van der Waals surface area contributed by atoms with Crippen LogP contribution in [-0.4, -0.2) is 53.7 Å². The number of halogens is 1. The molecule has 8 heteroatoms. The summed E-state index contributed by atoms with van der Waals surface area (Å²) in [5, 5.41) is 10.6. The standard InChI is InChI=1S/C20H22FN5O2/c1-25(2)12-10-22-19(27)13-26-11-9-18(24-26)23-20(28)16-7-8-17(21)15-6-4-3-5-14(15)16/h3-9,11H,10,12-13H2,1-2H3,(H,22,27)(H,23,24,28). The van der Waals surface area contributed by atoms with E-state index in [1.165, 1.54) is 16.8 Å². The van der Waals surface area contributed by atoms with E-state index in [0.29, 0.717) is 28.7 Å². The molecule has 0 aliphatic carbocycles. The van der Waals surface area contributed by atoms with E-state index < -0.39 is 5.91 Å². The van der Waals surface area contributed by atoms with Gasteiger partial charge in [-0.25, -0.2) is 4.39 Å². The maximum Gasteiger partial charge on any atom is 0.257 e. The maximum atomic E-state index is 13.9. The normalized spacial score (nSPS) is 11.0. The molecule has 2 aromatic carbocycles. The average molecular weight is 383 g/mol. The number of nitrogens with one attached hydrogen (secondary N) is 2. The van der Waals surface area contributed by atoms with Gasteiger partial charge in [0.1, 0.15) is 12.4 Å². The fourth-order valence-electron chi connectivity index (χ4n) is 2.78. The molecular formula is C20H22FN5O2. The lowest BCUT2D eigenvalue weighted by molar-refractivity contribution is -0.121. The van der Waals surface area contributed by atoms with E-state index in [9.17, 15) is 14.0 Å². The predicted octanol–water partition coefficient (Wildman–Crippen LogP) is 2.11. The van der Waals surface area contributed by atoms with Gasteiger partial charge in [-0.05, 0) is 31.6 Å². The number of aromatic nitrogens is 2. The third-order valence-electron chi connectivity index (χ3n) is 4.18. The molecule has 0 atom stereocenters. The van der Waals surface area contributed by atoms with Gasteiger partial charge in [-0.15, -0.1) is 0 Å². The molecule has 3 rings (SSSR count). The summed E-state index contributed by atoms with van der Waals surface area (Å²) in [4.78, 5) is 26.5. The molecule has 2 N–H and O–H groups in total. The third-order valence-corrected chi connectivity index (χ3v) is 4.18. The van der Waals surface area contributed by atoms with Crippen LogP contribution in [0.25, 0.3) is 10.8 Å². The summed E-state index contributed by atoms with van der Waals surface area (Å²) in [6, 6.07) is 11.1. The van der Waals surface area contributed by atoms with Gasteiger partial charge >= 0.3 is 0 Å². The first-order valence-corrected chi connectivity index (χ1v) is 8.87. The van der Waals surface area contributed by atoms with Gasteiger partial charge in [-0.3, -0.25) is 14.3 Å². The quantitative estimate of drug-likeness (QED) is 0.655. The van der Waals surface area contributed by atoms with Crippen LogP contribution in [0.1, 0.15) is 10.4 Å². The summed E-state index contributed by atoms with van der Waals surface area (Å²) in [6.07, 6.45) is 1.61. The number of carbonyl (C=O) groups is 2. The van der Waals surface area contributed by atoms with Crippen molar-refractivity contribution in [3.8, 4) is 0 Å². The molecule has 0 bridgehead atoms. The molecule has 0 spiro atoms. The molecule has 2 amide bonds. The first-order valence-electron chi connectivity index (χ1n) is 8.87. The Labute approximate surface area is 162 Å². The summed E-state index contributed by atoms with van der Waals surface area (Å²) in [5.41, 5.74) is 0.355. The fourth-order valence-corrected chi connectivity index (χ4v) is 2.78. The Morgan fingerprint density at radius 2 is 1.86 bits per heavy atom.